The lowest BCUT2D eigenvalue weighted by Gasteiger charge is -2.05. The molecule has 0 radical (unpaired) electrons. The van der Waals surface area contributed by atoms with Gasteiger partial charge >= 0.3 is 0 Å². The second kappa shape index (κ2) is 10.2. The molecule has 1 heterocycles. The summed E-state index contributed by atoms with van der Waals surface area (Å²) in [4.78, 5) is 24.3. The van der Waals surface area contributed by atoms with Crippen LogP contribution in [0, 0.1) is 0 Å². The minimum Gasteiger partial charge on any atom is -0.494 e. The van der Waals surface area contributed by atoms with Crippen LogP contribution in [-0.2, 0) is 17.9 Å². The summed E-state index contributed by atoms with van der Waals surface area (Å²) >= 11 is 0. The standard InChI is InChI=1S/C23H25N3O3/c1-2-29-21-10-8-20(9-11-21)22(27)12-13-23(28)24-14-19-15-25-26(17-19)16-18-6-4-3-5-7-18/h3-11,15,17H,2,12-14,16H2,1H3,(H,24,28). The van der Waals surface area contributed by atoms with Crippen molar-refractivity contribution in [3.05, 3.63) is 83.7 Å². The number of hydrogen-bond donors (Lipinski definition) is 1. The Morgan fingerprint density at radius 3 is 2.48 bits per heavy atom. The van der Waals surface area contributed by atoms with Gasteiger partial charge in [0.2, 0.25) is 5.91 Å². The normalized spacial score (nSPS) is 10.5. The second-order valence-corrected chi connectivity index (χ2v) is 6.69. The number of benzene rings is 2. The number of carbonyl (C=O) groups is 2. The first kappa shape index (κ1) is 20.3. The van der Waals surface area contributed by atoms with E-state index >= 15 is 0 Å². The molecule has 6 heteroatoms. The molecule has 6 nitrogen and oxygen atoms in total. The van der Waals surface area contributed by atoms with Crippen molar-refractivity contribution in [2.24, 2.45) is 0 Å². The topological polar surface area (TPSA) is 73.2 Å². The Bertz CT molecular complexity index is 934. The maximum Gasteiger partial charge on any atom is 0.220 e. The van der Waals surface area contributed by atoms with Crippen LogP contribution in [0.3, 0.4) is 0 Å². The number of hydrogen-bond acceptors (Lipinski definition) is 4. The molecule has 0 saturated carbocycles. The fraction of sp³-hybridized carbons (Fsp3) is 0.261. The zero-order chi connectivity index (χ0) is 20.5. The van der Waals surface area contributed by atoms with Crippen molar-refractivity contribution < 1.29 is 14.3 Å². The number of ether oxygens (including phenoxy) is 1. The number of amides is 1. The minimum atomic E-state index is -0.153. The molecule has 0 aliphatic rings. The fourth-order valence-electron chi connectivity index (χ4n) is 2.92. The molecule has 0 aliphatic heterocycles. The third-order valence-electron chi connectivity index (χ3n) is 4.43. The van der Waals surface area contributed by atoms with E-state index in [0.717, 1.165) is 11.3 Å². The largest absolute Gasteiger partial charge is 0.494 e. The SMILES string of the molecule is CCOc1ccc(C(=O)CCC(=O)NCc2cnn(Cc3ccccc3)c2)cc1. The molecule has 0 saturated heterocycles. The molecule has 150 valence electrons. The molecular weight excluding hydrogens is 366 g/mol. The van der Waals surface area contributed by atoms with Crippen LogP contribution in [0.25, 0.3) is 0 Å². The van der Waals surface area contributed by atoms with Crippen molar-refractivity contribution in [1.82, 2.24) is 15.1 Å². The van der Waals surface area contributed by atoms with Gasteiger partial charge in [-0.25, -0.2) is 0 Å². The van der Waals surface area contributed by atoms with Gasteiger partial charge in [-0.2, -0.15) is 5.10 Å². The van der Waals surface area contributed by atoms with E-state index in [9.17, 15) is 9.59 Å². The molecule has 3 rings (SSSR count). The van der Waals surface area contributed by atoms with Crippen LogP contribution >= 0.6 is 0 Å². The summed E-state index contributed by atoms with van der Waals surface area (Å²) in [7, 11) is 0. The van der Waals surface area contributed by atoms with Crippen LogP contribution in [0.4, 0.5) is 0 Å². The van der Waals surface area contributed by atoms with Gasteiger partial charge < -0.3 is 10.1 Å². The molecule has 0 atom stereocenters. The molecule has 0 spiro atoms. The summed E-state index contributed by atoms with van der Waals surface area (Å²) in [5.74, 6) is 0.522. The van der Waals surface area contributed by atoms with E-state index in [1.807, 2.05) is 48.1 Å². The van der Waals surface area contributed by atoms with Crippen molar-refractivity contribution >= 4 is 11.7 Å². The Labute approximate surface area is 170 Å². The van der Waals surface area contributed by atoms with Crippen molar-refractivity contribution in [3.8, 4) is 5.75 Å². The summed E-state index contributed by atoms with van der Waals surface area (Å²) in [6.07, 6.45) is 3.99. The predicted octanol–water partition coefficient (Wildman–Crippen LogP) is 3.61. The average Bonchev–Trinajstić information content (AvgIpc) is 3.19. The van der Waals surface area contributed by atoms with Crippen LogP contribution < -0.4 is 10.1 Å². The number of carbonyl (C=O) groups excluding carboxylic acids is 2. The highest BCUT2D eigenvalue weighted by Gasteiger charge is 2.10. The van der Waals surface area contributed by atoms with Crippen molar-refractivity contribution in [2.45, 2.75) is 32.9 Å². The van der Waals surface area contributed by atoms with Gasteiger partial charge in [-0.3, -0.25) is 14.3 Å². The van der Waals surface area contributed by atoms with Crippen LogP contribution in [0.15, 0.2) is 67.0 Å². The Kier molecular flexibility index (Phi) is 7.16. The van der Waals surface area contributed by atoms with E-state index in [1.54, 1.807) is 30.5 Å². The predicted molar refractivity (Wildman–Crippen MR) is 111 cm³/mol. The highest BCUT2D eigenvalue weighted by molar-refractivity contribution is 5.98. The van der Waals surface area contributed by atoms with Gasteiger partial charge in [0.15, 0.2) is 5.78 Å². The smallest absolute Gasteiger partial charge is 0.220 e. The molecule has 2 aromatic carbocycles. The molecule has 1 amide bonds. The number of aromatic nitrogens is 2. The molecule has 0 unspecified atom stereocenters. The molecule has 29 heavy (non-hydrogen) atoms. The minimum absolute atomic E-state index is 0.0566. The summed E-state index contributed by atoms with van der Waals surface area (Å²) < 4.78 is 7.20. The fourth-order valence-corrected chi connectivity index (χ4v) is 2.92. The lowest BCUT2D eigenvalue weighted by Crippen LogP contribution is -2.23. The Hall–Kier alpha value is -3.41. The Morgan fingerprint density at radius 2 is 1.76 bits per heavy atom. The van der Waals surface area contributed by atoms with Gasteiger partial charge in [-0.05, 0) is 36.8 Å². The highest BCUT2D eigenvalue weighted by atomic mass is 16.5. The van der Waals surface area contributed by atoms with E-state index in [4.69, 9.17) is 4.74 Å². The molecule has 1 N–H and O–H groups in total. The molecular formula is C23H25N3O3. The number of nitrogens with zero attached hydrogens (tertiary/aromatic N) is 2. The van der Waals surface area contributed by atoms with E-state index in [2.05, 4.69) is 10.4 Å². The molecule has 3 aromatic rings. The molecule has 0 fully saturated rings. The lowest BCUT2D eigenvalue weighted by molar-refractivity contribution is -0.121. The Balaban J connectivity index is 1.41. The molecule has 1 aromatic heterocycles. The van der Waals surface area contributed by atoms with E-state index in [-0.39, 0.29) is 24.5 Å². The van der Waals surface area contributed by atoms with E-state index in [0.29, 0.717) is 25.3 Å². The number of Topliss-reactive ketones (excluding diaryl/α,β-unsaturated/α-hetero) is 1. The van der Waals surface area contributed by atoms with E-state index < -0.39 is 0 Å². The quantitative estimate of drug-likeness (QED) is 0.536. The summed E-state index contributed by atoms with van der Waals surface area (Å²) in [6.45, 7) is 3.57. The average molecular weight is 391 g/mol. The summed E-state index contributed by atoms with van der Waals surface area (Å²) in [5.41, 5.74) is 2.68. The van der Waals surface area contributed by atoms with Gasteiger partial charge in [-0.15, -0.1) is 0 Å². The van der Waals surface area contributed by atoms with Crippen LogP contribution in [-0.4, -0.2) is 28.1 Å². The van der Waals surface area contributed by atoms with Gasteiger partial charge in [0, 0.05) is 36.7 Å². The van der Waals surface area contributed by atoms with Gasteiger partial charge in [0.25, 0.3) is 0 Å². The third kappa shape index (κ3) is 6.31. The summed E-state index contributed by atoms with van der Waals surface area (Å²) in [5, 5.41) is 7.17. The third-order valence-corrected chi connectivity index (χ3v) is 4.43. The first-order valence-electron chi connectivity index (χ1n) is 9.72. The monoisotopic (exact) mass is 391 g/mol. The van der Waals surface area contributed by atoms with E-state index in [1.165, 1.54) is 5.56 Å². The molecule has 0 bridgehead atoms. The Morgan fingerprint density at radius 1 is 1.00 bits per heavy atom. The zero-order valence-electron chi connectivity index (χ0n) is 16.5. The highest BCUT2D eigenvalue weighted by Crippen LogP contribution is 2.14. The number of nitrogens with one attached hydrogen (secondary N) is 1. The van der Waals surface area contributed by atoms with Crippen molar-refractivity contribution in [1.29, 1.82) is 0 Å². The van der Waals surface area contributed by atoms with Crippen molar-refractivity contribution in [3.63, 3.8) is 0 Å². The lowest BCUT2D eigenvalue weighted by atomic mass is 10.1. The molecule has 0 aliphatic carbocycles. The maximum absolute atomic E-state index is 12.2. The maximum atomic E-state index is 12.2. The van der Waals surface area contributed by atoms with Gasteiger partial charge in [0.1, 0.15) is 5.75 Å². The van der Waals surface area contributed by atoms with Gasteiger partial charge in [-0.1, -0.05) is 30.3 Å². The number of ketones is 1. The first-order valence-corrected chi connectivity index (χ1v) is 9.72. The number of rotatable bonds is 10. The summed E-state index contributed by atoms with van der Waals surface area (Å²) in [6, 6.07) is 17.1. The first-order chi connectivity index (χ1) is 14.1. The van der Waals surface area contributed by atoms with Crippen LogP contribution in [0.5, 0.6) is 5.75 Å². The second-order valence-electron chi connectivity index (χ2n) is 6.69. The van der Waals surface area contributed by atoms with Crippen LogP contribution in [0.1, 0.15) is 41.3 Å². The van der Waals surface area contributed by atoms with Crippen molar-refractivity contribution in [2.75, 3.05) is 6.61 Å². The zero-order valence-corrected chi connectivity index (χ0v) is 16.5. The van der Waals surface area contributed by atoms with Crippen LogP contribution in [0.2, 0.25) is 0 Å². The van der Waals surface area contributed by atoms with Gasteiger partial charge in [0.05, 0.1) is 19.3 Å².